The first-order valence-electron chi connectivity index (χ1n) is 31.5. The van der Waals surface area contributed by atoms with Gasteiger partial charge in [0.1, 0.15) is 0 Å². The molecule has 0 radical (unpaired) electrons. The van der Waals surface area contributed by atoms with Crippen LogP contribution in [0.15, 0.2) is 30.3 Å². The van der Waals surface area contributed by atoms with E-state index in [0.29, 0.717) is 40.3 Å². The molecule has 78 heavy (non-hydrogen) atoms. The second-order valence-electron chi connectivity index (χ2n) is 28.4. The molecule has 14 aliphatic rings. The summed E-state index contributed by atoms with van der Waals surface area (Å²) in [6, 6.07) is 10.6. The summed E-state index contributed by atoms with van der Waals surface area (Å²) in [6.45, 7) is 36.1. The number of rotatable bonds is 8. The first-order valence-corrected chi connectivity index (χ1v) is 31.5. The molecule has 4 aliphatic carbocycles. The van der Waals surface area contributed by atoms with E-state index in [1.807, 2.05) is 4.90 Å². The molecule has 0 N–H and O–H groups in total. The molecule has 1 aromatic rings. The van der Waals surface area contributed by atoms with E-state index in [1.54, 1.807) is 6.92 Å². The number of ether oxygens (including phenoxy) is 9. The van der Waals surface area contributed by atoms with Gasteiger partial charge in [0.2, 0.25) is 5.91 Å². The zero-order valence-corrected chi connectivity index (χ0v) is 51.5. The van der Waals surface area contributed by atoms with Crippen molar-refractivity contribution in [3.8, 4) is 0 Å². The van der Waals surface area contributed by atoms with Gasteiger partial charge in [-0.05, 0) is 140 Å². The summed E-state index contributed by atoms with van der Waals surface area (Å²) in [4.78, 5) is 23.5. The zero-order chi connectivity index (χ0) is 56.4. The van der Waals surface area contributed by atoms with Gasteiger partial charge in [-0.25, -0.2) is 0 Å². The van der Waals surface area contributed by atoms with Crippen LogP contribution in [0.2, 0.25) is 0 Å². The number of esters is 1. The van der Waals surface area contributed by atoms with Crippen LogP contribution in [0.5, 0.6) is 0 Å². The molecule has 14 fully saturated rings. The Balaban J connectivity index is 0.000000128. The van der Waals surface area contributed by atoms with Gasteiger partial charge in [0.25, 0.3) is 0 Å². The molecule has 0 aromatic heterocycles. The molecule has 1 amide bonds. The minimum atomic E-state index is 0.0417. The van der Waals surface area contributed by atoms with E-state index in [9.17, 15) is 9.59 Å². The molecule has 15 rings (SSSR count). The Bertz CT molecular complexity index is 1940. The van der Waals surface area contributed by atoms with Crippen LogP contribution in [0, 0.1) is 22.7 Å². The van der Waals surface area contributed by atoms with E-state index in [0.717, 1.165) is 117 Å². The average Bonchev–Trinajstić information content (AvgIpc) is 4.22. The highest BCUT2D eigenvalue weighted by Gasteiger charge is 2.54. The van der Waals surface area contributed by atoms with Gasteiger partial charge in [-0.15, -0.1) is 0 Å². The fourth-order valence-corrected chi connectivity index (χ4v) is 11.0. The molecule has 4 spiro atoms. The Hall–Kier alpha value is -2.16. The third-order valence-corrected chi connectivity index (χ3v) is 20.2. The number of piperidine rings is 1. The highest BCUT2D eigenvalue weighted by Crippen LogP contribution is 2.53. The van der Waals surface area contributed by atoms with Gasteiger partial charge in [-0.3, -0.25) is 9.59 Å². The normalized spacial score (nSPS) is 32.4. The number of carbonyl (C=O) groups excluding carboxylic acids is 2. The maximum atomic E-state index is 10.9. The summed E-state index contributed by atoms with van der Waals surface area (Å²) in [6.07, 6.45) is 29.4. The Labute approximate surface area is 473 Å². The zero-order valence-electron chi connectivity index (χ0n) is 51.5. The fraction of sp³-hybridized carbons (Fsp3) is 0.879. The van der Waals surface area contributed by atoms with E-state index in [2.05, 4.69) is 106 Å². The third kappa shape index (κ3) is 20.6. The summed E-state index contributed by atoms with van der Waals surface area (Å²) in [5.74, 6) is 1.93. The van der Waals surface area contributed by atoms with Gasteiger partial charge >= 0.3 is 5.97 Å². The lowest BCUT2D eigenvalue weighted by atomic mass is 9.82. The van der Waals surface area contributed by atoms with Crippen LogP contribution >= 0.6 is 0 Å². The van der Waals surface area contributed by atoms with Crippen molar-refractivity contribution >= 4 is 11.9 Å². The lowest BCUT2D eigenvalue weighted by molar-refractivity contribution is -0.142. The third-order valence-electron chi connectivity index (χ3n) is 20.2. The van der Waals surface area contributed by atoms with Crippen molar-refractivity contribution < 1.29 is 52.2 Å². The second kappa shape index (κ2) is 26.6. The number of hydrogen-bond donors (Lipinski definition) is 0. The number of benzene rings is 1. The quantitative estimate of drug-likeness (QED) is 0.181. The monoisotopic (exact) mass is 1090 g/mol. The lowest BCUT2D eigenvalue weighted by Gasteiger charge is -2.29. The van der Waals surface area contributed by atoms with E-state index in [4.69, 9.17) is 42.6 Å². The molecule has 1 aromatic carbocycles. The molecular formula is C66H111NO11. The van der Waals surface area contributed by atoms with Crippen LogP contribution < -0.4 is 0 Å². The molecule has 12 nitrogen and oxygen atoms in total. The van der Waals surface area contributed by atoms with Crippen molar-refractivity contribution in [3.05, 3.63) is 35.9 Å². The molecule has 4 unspecified atom stereocenters. The van der Waals surface area contributed by atoms with E-state index < -0.39 is 0 Å². The first-order chi connectivity index (χ1) is 36.9. The van der Waals surface area contributed by atoms with Crippen LogP contribution in [0.4, 0.5) is 0 Å². The maximum Gasteiger partial charge on any atom is 0.312 e. The van der Waals surface area contributed by atoms with E-state index in [1.165, 1.54) is 108 Å². The molecule has 10 saturated heterocycles. The van der Waals surface area contributed by atoms with Crippen molar-refractivity contribution in [1.82, 2.24) is 4.90 Å². The first kappa shape index (κ1) is 63.4. The van der Waals surface area contributed by atoms with Crippen LogP contribution in [0.1, 0.15) is 230 Å². The van der Waals surface area contributed by atoms with Crippen molar-refractivity contribution in [3.63, 3.8) is 0 Å². The predicted octanol–water partition coefficient (Wildman–Crippen LogP) is 13.8. The highest BCUT2D eigenvalue weighted by molar-refractivity contribution is 5.81. The average molecular weight is 1090 g/mol. The summed E-state index contributed by atoms with van der Waals surface area (Å²) in [7, 11) is 0. The number of amides is 1. The predicted molar refractivity (Wildman–Crippen MR) is 309 cm³/mol. The molecule has 446 valence electrons. The molecule has 4 atom stereocenters. The topological polar surface area (TPSA) is 147 Å². The van der Waals surface area contributed by atoms with Gasteiger partial charge in [-0.1, -0.05) is 137 Å². The van der Waals surface area contributed by atoms with Gasteiger partial charge in [0.15, 0.2) is 0 Å². The van der Waals surface area contributed by atoms with Crippen molar-refractivity contribution in [1.29, 1.82) is 0 Å². The minimum absolute atomic E-state index is 0.0417. The Kier molecular flexibility index (Phi) is 21.6. The number of likely N-dealkylation sites (tertiary alicyclic amines) is 1. The van der Waals surface area contributed by atoms with Gasteiger partial charge in [0, 0.05) is 20.0 Å². The SMILES string of the molecule is C1CCC2(C1)CO2.C1CCC2(CC1)CO2.CC(=O)N1CCC2(CC1)CO2.CC(C)(C)C1(C)CO1.CC(C)C1(C)CO1.CC1(CC2CCCC2)CO1.CC1(CCc2ccccc2)CO1.CCC1(CC)CO1.O=C1OCCC12CC2. The summed E-state index contributed by atoms with van der Waals surface area (Å²) < 4.78 is 47.0. The Morgan fingerprint density at radius 1 is 0.603 bits per heavy atom. The summed E-state index contributed by atoms with van der Waals surface area (Å²) in [5, 5.41) is 0. The largest absolute Gasteiger partial charge is 0.465 e. The van der Waals surface area contributed by atoms with Gasteiger partial charge in [-0.2, -0.15) is 0 Å². The molecule has 10 aliphatic heterocycles. The number of epoxide rings is 8. The molecular weight excluding hydrogens is 983 g/mol. The molecule has 10 heterocycles. The summed E-state index contributed by atoms with van der Waals surface area (Å²) >= 11 is 0. The van der Waals surface area contributed by atoms with Crippen LogP contribution in [0.3, 0.4) is 0 Å². The van der Waals surface area contributed by atoms with Crippen molar-refractivity contribution in [2.24, 2.45) is 22.7 Å². The standard InChI is InChI=1S/C11H14O.C9H16O.C8H13NO2.C7H12O.C7H14O.C6H8O2.C6H10O.2C6H12O/c1-11(9-12-11)8-7-10-5-3-2-4-6-10;1-9(7-10-9)6-8-4-2-3-5-8;1-7(10)9-4-2-8(3-5-9)6-11-8;1-2-4-7(5-3-1)6-8-7;1-6(2,3)7(4)5-8-7;7-5-6(1-2-6)3-4-8-5;1-2-4-6(3-1)5-7-6;1-5(2)6(3)4-7-6;1-3-6(4-2)5-7-6/h2-6H,7-9H2,1H3;8H,2-7H2,1H3;2-6H2,1H3;1-6H2;5H2,1-4H3;1-4H2;1-5H2;5H,4H2,1-3H3;3-5H2,1-2H3. The lowest BCUT2D eigenvalue weighted by Crippen LogP contribution is -2.40. The Morgan fingerprint density at radius 2 is 1.08 bits per heavy atom. The minimum Gasteiger partial charge on any atom is -0.465 e. The van der Waals surface area contributed by atoms with Gasteiger partial charge in [0.05, 0.1) is 110 Å². The van der Waals surface area contributed by atoms with Crippen LogP contribution in [-0.2, 0) is 58.6 Å². The van der Waals surface area contributed by atoms with Crippen molar-refractivity contribution in [2.75, 3.05) is 72.6 Å². The number of hydrogen-bond acceptors (Lipinski definition) is 11. The maximum absolute atomic E-state index is 10.9. The number of carbonyl (C=O) groups is 2. The van der Waals surface area contributed by atoms with Crippen LogP contribution in [-0.4, -0.2) is 134 Å². The summed E-state index contributed by atoms with van der Waals surface area (Å²) in [5.41, 5.74) is 4.14. The highest BCUT2D eigenvalue weighted by atomic mass is 16.6. The molecule has 12 heteroatoms. The number of nitrogens with zero attached hydrogens (tertiary/aromatic N) is 1. The number of cyclic esters (lactones) is 1. The van der Waals surface area contributed by atoms with E-state index >= 15 is 0 Å². The molecule has 4 saturated carbocycles. The van der Waals surface area contributed by atoms with Crippen LogP contribution in [0.25, 0.3) is 0 Å². The van der Waals surface area contributed by atoms with E-state index in [-0.39, 0.29) is 39.7 Å². The molecule has 0 bridgehead atoms. The van der Waals surface area contributed by atoms with Gasteiger partial charge < -0.3 is 47.5 Å². The smallest absolute Gasteiger partial charge is 0.312 e. The van der Waals surface area contributed by atoms with Crippen molar-refractivity contribution in [2.45, 2.75) is 276 Å². The Morgan fingerprint density at radius 3 is 1.36 bits per heavy atom. The second-order valence-corrected chi connectivity index (χ2v) is 28.4. The fourth-order valence-electron chi connectivity index (χ4n) is 11.0. The number of aryl methyl sites for hydroxylation is 1.